The highest BCUT2D eigenvalue weighted by molar-refractivity contribution is 6.33. The molecule has 92 valence electrons. The molecule has 6 heteroatoms. The van der Waals surface area contributed by atoms with E-state index in [0.29, 0.717) is 16.3 Å². The maximum absolute atomic E-state index is 10.9. The summed E-state index contributed by atoms with van der Waals surface area (Å²) in [5, 5.41) is 11.7. The third-order valence-electron chi connectivity index (χ3n) is 2.18. The number of hydrogen-bond acceptors (Lipinski definition) is 3. The number of carbonyl (C=O) groups is 2. The predicted octanol–water partition coefficient (Wildman–Crippen LogP) is 1.05. The van der Waals surface area contributed by atoms with Crippen LogP contribution in [0.4, 0.5) is 5.69 Å². The van der Waals surface area contributed by atoms with E-state index in [0.717, 1.165) is 0 Å². The minimum absolute atomic E-state index is 0.162. The Bertz CT molecular complexity index is 448. The van der Waals surface area contributed by atoms with Crippen LogP contribution in [0, 0.1) is 0 Å². The van der Waals surface area contributed by atoms with Gasteiger partial charge in [0, 0.05) is 13.3 Å². The van der Waals surface area contributed by atoms with Crippen molar-refractivity contribution in [1.29, 1.82) is 0 Å². The average molecular weight is 257 g/mol. The largest absolute Gasteiger partial charge is 0.480 e. The Labute approximate surface area is 104 Å². The summed E-state index contributed by atoms with van der Waals surface area (Å²) >= 11 is 5.82. The number of rotatable bonds is 4. The van der Waals surface area contributed by atoms with E-state index >= 15 is 0 Å². The lowest BCUT2D eigenvalue weighted by atomic mass is 10.1. The Morgan fingerprint density at radius 1 is 1.53 bits per heavy atom. The summed E-state index contributed by atoms with van der Waals surface area (Å²) in [5.74, 6) is -1.48. The molecule has 0 aliphatic heterocycles. The molecule has 0 aromatic heterocycles. The lowest BCUT2D eigenvalue weighted by Gasteiger charge is -2.13. The summed E-state index contributed by atoms with van der Waals surface area (Å²) < 4.78 is 0. The number of aliphatic carboxylic acids is 1. The molecule has 0 radical (unpaired) electrons. The molecule has 0 heterocycles. The van der Waals surface area contributed by atoms with E-state index in [1.807, 2.05) is 0 Å². The summed E-state index contributed by atoms with van der Waals surface area (Å²) in [6.45, 7) is 1.27. The smallest absolute Gasteiger partial charge is 0.326 e. The van der Waals surface area contributed by atoms with E-state index in [1.54, 1.807) is 18.2 Å². The summed E-state index contributed by atoms with van der Waals surface area (Å²) in [6, 6.07) is 3.91. The molecule has 0 fully saturated rings. The van der Waals surface area contributed by atoms with Crippen LogP contribution in [0.15, 0.2) is 18.2 Å². The molecule has 0 aliphatic carbocycles. The van der Waals surface area contributed by atoms with Crippen LogP contribution in [0.3, 0.4) is 0 Å². The molecule has 17 heavy (non-hydrogen) atoms. The molecular formula is C11H13ClN2O3. The average Bonchev–Trinajstić information content (AvgIpc) is 2.21. The first-order valence-electron chi connectivity index (χ1n) is 4.94. The van der Waals surface area contributed by atoms with Crippen molar-refractivity contribution in [2.75, 3.05) is 5.73 Å². The Morgan fingerprint density at radius 2 is 2.18 bits per heavy atom. The molecule has 4 N–H and O–H groups in total. The Balaban J connectivity index is 2.82. The summed E-state index contributed by atoms with van der Waals surface area (Å²) in [5.41, 5.74) is 6.67. The third kappa shape index (κ3) is 3.96. The fourth-order valence-corrected chi connectivity index (χ4v) is 1.58. The van der Waals surface area contributed by atoms with Crippen molar-refractivity contribution in [2.45, 2.75) is 19.4 Å². The Kier molecular flexibility index (Phi) is 4.34. The minimum atomic E-state index is -1.09. The minimum Gasteiger partial charge on any atom is -0.480 e. The molecule has 5 nitrogen and oxygen atoms in total. The molecule has 1 atom stereocenters. The van der Waals surface area contributed by atoms with Gasteiger partial charge < -0.3 is 16.2 Å². The first-order valence-corrected chi connectivity index (χ1v) is 5.31. The standard InChI is InChI=1S/C11H13ClN2O3/c1-6(15)14-10(11(16)17)5-7-2-3-9(13)8(12)4-7/h2-4,10H,5,13H2,1H3,(H,14,15)(H,16,17)/t10-/m1/s1. The SMILES string of the molecule is CC(=O)N[C@H](Cc1ccc(N)c(Cl)c1)C(=O)O. The van der Waals surface area contributed by atoms with Gasteiger partial charge in [-0.1, -0.05) is 17.7 Å². The van der Waals surface area contributed by atoms with Gasteiger partial charge in [-0.3, -0.25) is 4.79 Å². The highest BCUT2D eigenvalue weighted by atomic mass is 35.5. The third-order valence-corrected chi connectivity index (χ3v) is 2.51. The Hall–Kier alpha value is -1.75. The van der Waals surface area contributed by atoms with Crippen LogP contribution in [0.5, 0.6) is 0 Å². The maximum atomic E-state index is 10.9. The molecule has 0 saturated carbocycles. The zero-order valence-corrected chi connectivity index (χ0v) is 9.99. The summed E-state index contributed by atoms with van der Waals surface area (Å²) in [6.07, 6.45) is 0.162. The van der Waals surface area contributed by atoms with Crippen molar-refractivity contribution in [3.8, 4) is 0 Å². The number of hydrogen-bond donors (Lipinski definition) is 3. The van der Waals surface area contributed by atoms with Crippen molar-refractivity contribution in [3.63, 3.8) is 0 Å². The van der Waals surface area contributed by atoms with Crippen molar-refractivity contribution in [2.24, 2.45) is 0 Å². The first kappa shape index (κ1) is 13.3. The summed E-state index contributed by atoms with van der Waals surface area (Å²) in [7, 11) is 0. The molecule has 0 aliphatic rings. The number of nitrogens with one attached hydrogen (secondary N) is 1. The molecular weight excluding hydrogens is 244 g/mol. The van der Waals surface area contributed by atoms with Crippen LogP contribution < -0.4 is 11.1 Å². The number of nitrogens with two attached hydrogens (primary N) is 1. The van der Waals surface area contributed by atoms with Crippen LogP contribution in [0.2, 0.25) is 5.02 Å². The van der Waals surface area contributed by atoms with Crippen molar-refractivity contribution in [1.82, 2.24) is 5.32 Å². The topological polar surface area (TPSA) is 92.4 Å². The molecule has 0 bridgehead atoms. The van der Waals surface area contributed by atoms with Gasteiger partial charge in [0.05, 0.1) is 10.7 Å². The zero-order valence-electron chi connectivity index (χ0n) is 9.24. The fraction of sp³-hybridized carbons (Fsp3) is 0.273. The second kappa shape index (κ2) is 5.54. The van der Waals surface area contributed by atoms with Crippen molar-refractivity contribution >= 4 is 29.2 Å². The van der Waals surface area contributed by atoms with E-state index in [4.69, 9.17) is 22.4 Å². The first-order chi connectivity index (χ1) is 7.90. The van der Waals surface area contributed by atoms with E-state index in [-0.39, 0.29) is 12.3 Å². The van der Waals surface area contributed by atoms with Crippen LogP contribution >= 0.6 is 11.6 Å². The lowest BCUT2D eigenvalue weighted by molar-refractivity contribution is -0.141. The van der Waals surface area contributed by atoms with Gasteiger partial charge in [0.25, 0.3) is 0 Å². The van der Waals surface area contributed by atoms with Gasteiger partial charge in [-0.25, -0.2) is 4.79 Å². The van der Waals surface area contributed by atoms with Crippen molar-refractivity contribution in [3.05, 3.63) is 28.8 Å². The van der Waals surface area contributed by atoms with Crippen LogP contribution in [0.25, 0.3) is 0 Å². The quantitative estimate of drug-likeness (QED) is 0.702. The van der Waals surface area contributed by atoms with Crippen LogP contribution in [0.1, 0.15) is 12.5 Å². The van der Waals surface area contributed by atoms with Crippen LogP contribution in [-0.2, 0) is 16.0 Å². The lowest BCUT2D eigenvalue weighted by Crippen LogP contribution is -2.41. The molecule has 1 rings (SSSR count). The normalized spacial score (nSPS) is 11.9. The molecule has 1 amide bonds. The second-order valence-electron chi connectivity index (χ2n) is 3.65. The van der Waals surface area contributed by atoms with Gasteiger partial charge in [-0.15, -0.1) is 0 Å². The zero-order chi connectivity index (χ0) is 13.0. The fourth-order valence-electron chi connectivity index (χ4n) is 1.38. The molecule has 0 spiro atoms. The van der Waals surface area contributed by atoms with Crippen molar-refractivity contribution < 1.29 is 14.7 Å². The highest BCUT2D eigenvalue weighted by Gasteiger charge is 2.18. The second-order valence-corrected chi connectivity index (χ2v) is 4.06. The molecule has 0 saturated heterocycles. The van der Waals surface area contributed by atoms with E-state index in [1.165, 1.54) is 6.92 Å². The number of anilines is 1. The molecule has 1 aromatic carbocycles. The van der Waals surface area contributed by atoms with Gasteiger partial charge in [-0.2, -0.15) is 0 Å². The number of carboxylic acid groups (broad SMARTS) is 1. The maximum Gasteiger partial charge on any atom is 0.326 e. The van der Waals surface area contributed by atoms with Gasteiger partial charge >= 0.3 is 5.97 Å². The van der Waals surface area contributed by atoms with Gasteiger partial charge in [0.2, 0.25) is 5.91 Å². The van der Waals surface area contributed by atoms with Gasteiger partial charge in [0.1, 0.15) is 6.04 Å². The number of amides is 1. The number of nitrogen functional groups attached to an aromatic ring is 1. The highest BCUT2D eigenvalue weighted by Crippen LogP contribution is 2.20. The van der Waals surface area contributed by atoms with Gasteiger partial charge in [-0.05, 0) is 17.7 Å². The molecule has 1 aromatic rings. The number of benzene rings is 1. The molecule has 0 unspecified atom stereocenters. The predicted molar refractivity (Wildman–Crippen MR) is 64.8 cm³/mol. The number of halogens is 1. The number of carboxylic acids is 1. The Morgan fingerprint density at radius 3 is 2.65 bits per heavy atom. The van der Waals surface area contributed by atoms with Gasteiger partial charge in [0.15, 0.2) is 0 Å². The van der Waals surface area contributed by atoms with E-state index in [2.05, 4.69) is 5.32 Å². The summed E-state index contributed by atoms with van der Waals surface area (Å²) in [4.78, 5) is 21.8. The van der Waals surface area contributed by atoms with E-state index < -0.39 is 12.0 Å². The van der Waals surface area contributed by atoms with Crippen LogP contribution in [-0.4, -0.2) is 23.0 Å². The monoisotopic (exact) mass is 256 g/mol. The van der Waals surface area contributed by atoms with E-state index in [9.17, 15) is 9.59 Å². The number of carbonyl (C=O) groups excluding carboxylic acids is 1.